The van der Waals surface area contributed by atoms with Crippen LogP contribution in [-0.2, 0) is 0 Å². The Labute approximate surface area is 470 Å². The Bertz CT molecular complexity index is 1080. The molecule has 0 aromatic heterocycles. The van der Waals surface area contributed by atoms with E-state index in [2.05, 4.69) is 0 Å². The zero-order valence-corrected chi connectivity index (χ0v) is 38.7. The Hall–Kier alpha value is 4.35. The van der Waals surface area contributed by atoms with Crippen LogP contribution in [0.25, 0.3) is 0 Å². The molecule has 0 unspecified atom stereocenters. The van der Waals surface area contributed by atoms with Gasteiger partial charge in [0.2, 0.25) is 0 Å². The molecule has 0 aliphatic heterocycles. The van der Waals surface area contributed by atoms with Gasteiger partial charge < -0.3 is 51.5 Å². The monoisotopic (exact) mass is 738 g/mol. The molecule has 0 aliphatic rings. The third-order valence-electron chi connectivity index (χ3n) is 14.0. The van der Waals surface area contributed by atoms with Gasteiger partial charge in [-0.25, -0.2) is 0 Å². The van der Waals surface area contributed by atoms with Crippen molar-refractivity contribution in [1.82, 2.24) is 0 Å². The Morgan fingerprint density at radius 1 is 0.179 bits per heavy atom. The summed E-state index contributed by atoms with van der Waals surface area (Å²) in [4.78, 5) is 0. The quantitative estimate of drug-likeness (QED) is 0.0606. The summed E-state index contributed by atoms with van der Waals surface area (Å²) in [6.07, 6.45) is -48.0. The highest BCUT2D eigenvalue weighted by molar-refractivity contribution is 8.39. The van der Waals surface area contributed by atoms with Gasteiger partial charge in [0.05, 0.1) is 0 Å². The van der Waals surface area contributed by atoms with Crippen molar-refractivity contribution >= 4 is 474 Å². The number of hydrogen-bond donors (Lipinski definition) is 0. The molecule has 0 amide bonds. The van der Waals surface area contributed by atoms with Crippen molar-refractivity contribution < 1.29 is 0 Å². The molecule has 67 heteroatoms. The molecule has 0 rings (SSSR count). The van der Waals surface area contributed by atoms with Crippen LogP contribution in [0.5, 0.6) is 0 Å². The standard InChI is InChI=1S/B67/c1-35-52(34)61(53(36(2)3)37(4)5)65(60(50(30)31)51(32)33)67(64(58(46(22)23)47(24)25)59(48(26)27)49(28)29)66(62(54(38(6)7)39(8)9)55(40(10)11)41(12)13)63(56(42(14)15)43(16)17)57(44(18)19)45(20)21/q-5. The zero-order chi connectivity index (χ0) is 53.2. The predicted molar refractivity (Wildman–Crippen MR) is 386 cm³/mol. The van der Waals surface area contributed by atoms with Crippen LogP contribution >= 0.6 is 0 Å². The summed E-state index contributed by atoms with van der Waals surface area (Å²) in [5.41, 5.74) is 0. The molecule has 0 aliphatic carbocycles. The Balaban J connectivity index is 11.4. The molecular formula is B67-5. The molecule has 0 heterocycles. The van der Waals surface area contributed by atoms with Crippen LogP contribution in [0.15, 0.2) is 0 Å². The maximum atomic E-state index is 7.06. The zero-order valence-electron chi connectivity index (χ0n) is 38.7. The second-order valence-corrected chi connectivity index (χ2v) is 18.7. The lowest BCUT2D eigenvalue weighted by molar-refractivity contribution is 3.16. The third kappa shape index (κ3) is 19.3. The molecule has 0 saturated carbocycles. The minimum Gasteiger partial charge on any atom is -0.729 e. The topological polar surface area (TPSA) is 0 Å². The van der Waals surface area contributed by atoms with E-state index in [4.69, 9.17) is 263 Å². The molecule has 206 valence electrons. The lowest BCUT2D eigenvalue weighted by Gasteiger charge is -2.66. The second-order valence-electron chi connectivity index (χ2n) is 18.7. The first-order chi connectivity index (χ1) is 30.5. The Kier molecular flexibility index (Phi) is 35.1. The van der Waals surface area contributed by atoms with Gasteiger partial charge in [-0.2, -0.15) is 0 Å². The lowest BCUT2D eigenvalue weighted by Crippen LogP contribution is -2.98. The van der Waals surface area contributed by atoms with Crippen LogP contribution in [-0.4, -0.2) is 474 Å². The molecule has 67 heavy (non-hydrogen) atoms. The van der Waals surface area contributed by atoms with Gasteiger partial charge >= 0.3 is 0 Å². The second kappa shape index (κ2) is 32.9. The maximum absolute atomic E-state index is 7.06. The number of rotatable bonds is 32. The predicted octanol–water partition coefficient (Wildman–Crippen LogP) is -25.5. The van der Waals surface area contributed by atoms with Crippen molar-refractivity contribution in [3.05, 3.63) is 0 Å². The van der Waals surface area contributed by atoms with Crippen LogP contribution in [0.1, 0.15) is 0 Å². The fourth-order valence-corrected chi connectivity index (χ4v) is 11.7. The smallest absolute Gasteiger partial charge is 0.000000000000000000149 e. The van der Waals surface area contributed by atoms with Gasteiger partial charge in [-0.3, -0.25) is 7.06 Å². The first kappa shape index (κ1) is 71.4. The van der Waals surface area contributed by atoms with Gasteiger partial charge in [0, 0.05) is 0 Å². The third-order valence-corrected chi connectivity index (χ3v) is 14.0. The minimum absolute atomic E-state index is 1.08. The molecule has 74 radical (unpaired) electrons. The van der Waals surface area contributed by atoms with Crippen molar-refractivity contribution in [2.75, 3.05) is 0 Å². The van der Waals surface area contributed by atoms with Gasteiger partial charge in [0.15, 0.2) is 0 Å². The van der Waals surface area contributed by atoms with Gasteiger partial charge in [0.1, 0.15) is 0 Å². The molecule has 0 bridgehead atoms. The van der Waals surface area contributed by atoms with E-state index in [-0.39, 0.29) is 0 Å². The van der Waals surface area contributed by atoms with E-state index in [1.165, 1.54) is 0 Å². The summed E-state index contributed by atoms with van der Waals surface area (Å²) in [5, 5.41) is 0. The fraction of sp³-hybridized carbons (Fsp3) is 0. The first-order valence-corrected chi connectivity index (χ1v) is 22.0. The molecule has 0 atom stereocenters. The SMILES string of the molecule is [B]B([B])B(B([B])[B])B(B(B([B])[B])B([B])[B])B(B(B(B([B])[B])B([B])[B])B(B([B])[B])B([B])[B])B(B(B(B([B])[B])B([B])[B])B(B([B])[B])B([B])[B])B(B(B([B])[B])B([B])[B])B(B([B])[B][B-])B(B([B-])[B-])B([B-])[B-]. The summed E-state index contributed by atoms with van der Waals surface area (Å²) in [6.45, 7) is 0. The van der Waals surface area contributed by atoms with Crippen LogP contribution in [0.4, 0.5) is 0 Å². The molecule has 0 spiro atoms. The van der Waals surface area contributed by atoms with E-state index in [0.717, 1.165) is 7.06 Å². The van der Waals surface area contributed by atoms with Crippen LogP contribution in [0.3, 0.4) is 0 Å². The highest BCUT2D eigenvalue weighted by Crippen LogP contribution is 2.25. The first-order valence-electron chi connectivity index (χ1n) is 22.0. The van der Waals surface area contributed by atoms with E-state index in [9.17, 15) is 0 Å². The van der Waals surface area contributed by atoms with Crippen molar-refractivity contribution in [2.45, 2.75) is 0 Å². The van der Waals surface area contributed by atoms with Crippen molar-refractivity contribution in [2.24, 2.45) is 0 Å². The van der Waals surface area contributed by atoms with E-state index >= 15 is 0 Å². The minimum atomic E-state index is -1.64. The molecule has 0 saturated heterocycles. The van der Waals surface area contributed by atoms with Gasteiger partial charge in [-0.15, -0.1) is 6.39 Å². The van der Waals surface area contributed by atoms with E-state index in [1.54, 1.807) is 0 Å². The summed E-state index contributed by atoms with van der Waals surface area (Å²) in [6, 6.07) is 0. The molecule has 0 nitrogen and oxygen atoms in total. The van der Waals surface area contributed by atoms with Gasteiger partial charge in [-0.1, -0.05) is 0 Å². The summed E-state index contributed by atoms with van der Waals surface area (Å²) in [7, 11) is 229. The Morgan fingerprint density at radius 2 is 0.299 bits per heavy atom. The maximum Gasteiger partial charge on any atom is -0.000000000000000000149 e. The van der Waals surface area contributed by atoms with Crippen LogP contribution < -0.4 is 0 Å². The van der Waals surface area contributed by atoms with E-state index in [1.807, 2.05) is 0 Å². The summed E-state index contributed by atoms with van der Waals surface area (Å²) < 4.78 is 0. The van der Waals surface area contributed by atoms with Gasteiger partial charge in [-0.05, 0) is 410 Å². The normalized spacial score (nSPS) is 9.81. The molecule has 0 aromatic rings. The molecule has 0 fully saturated rings. The average molecular weight is 724 g/mol. The number of hydrogen-bond acceptors (Lipinski definition) is 0. The van der Waals surface area contributed by atoms with Crippen LogP contribution in [0.2, 0.25) is 0 Å². The van der Waals surface area contributed by atoms with Gasteiger partial charge in [0.25, 0.3) is 0 Å². The van der Waals surface area contributed by atoms with Crippen molar-refractivity contribution in [3.63, 3.8) is 0 Å². The van der Waals surface area contributed by atoms with Crippen LogP contribution in [0, 0.1) is 0 Å². The molecule has 0 aromatic carbocycles. The Morgan fingerprint density at radius 3 is 0.403 bits per heavy atom. The molecule has 0 N–H and O–H groups in total. The molecular weight excluding hydrogens is 724 g/mol. The van der Waals surface area contributed by atoms with E-state index < -0.39 is 204 Å². The lowest BCUT2D eigenvalue weighted by atomic mass is 8.22. The largest absolute Gasteiger partial charge is 0.729 e. The average Bonchev–Trinajstić information content (AvgIpc) is 3.11. The summed E-state index contributed by atoms with van der Waals surface area (Å²) >= 11 is 0. The highest BCUT2D eigenvalue weighted by atomic mass is 13.4. The van der Waals surface area contributed by atoms with E-state index in [0.29, 0.717) is 0 Å². The van der Waals surface area contributed by atoms with Crippen molar-refractivity contribution in [3.8, 4) is 0 Å². The summed E-state index contributed by atoms with van der Waals surface area (Å²) in [5.74, 6) is 0. The fourth-order valence-electron chi connectivity index (χ4n) is 11.7. The highest BCUT2D eigenvalue weighted by Gasteiger charge is 2.63. The van der Waals surface area contributed by atoms with Crippen molar-refractivity contribution in [1.29, 1.82) is 0 Å².